The first-order chi connectivity index (χ1) is 6.62. The monoisotopic (exact) mass is 220 g/mol. The zero-order valence-corrected chi connectivity index (χ0v) is 9.14. The smallest absolute Gasteiger partial charge is 0.225 e. The molecule has 6 heteroatoms. The Hall–Kier alpha value is -0.640. The molecule has 82 valence electrons. The van der Waals surface area contributed by atoms with Crippen LogP contribution in [0.5, 0.6) is 0 Å². The van der Waals surface area contributed by atoms with Crippen molar-refractivity contribution in [3.05, 3.63) is 0 Å². The summed E-state index contributed by atoms with van der Waals surface area (Å²) in [5.74, 6) is -0.498. The summed E-state index contributed by atoms with van der Waals surface area (Å²) in [5, 5.41) is 8.17. The number of rotatable bonds is 8. The minimum atomic E-state index is -3.42. The fourth-order valence-electron chi connectivity index (χ4n) is 0.754. The molecule has 0 heterocycles. The molecule has 0 unspecified atom stereocenters. The van der Waals surface area contributed by atoms with Crippen LogP contribution in [0.1, 0.15) is 19.8 Å². The molecular weight excluding hydrogens is 204 g/mol. The standard InChI is InChI=1S/C8H16N2O3S/c1-2-3-6-13-7-5-10-14(11,12)8-4-9/h10H,2-3,5-8H2,1H3. The zero-order chi connectivity index (χ0) is 10.9. The highest BCUT2D eigenvalue weighted by Crippen LogP contribution is 1.87. The summed E-state index contributed by atoms with van der Waals surface area (Å²) in [6.45, 7) is 3.29. The Labute approximate surface area is 85.1 Å². The molecule has 0 saturated carbocycles. The van der Waals surface area contributed by atoms with E-state index in [1.165, 1.54) is 0 Å². The van der Waals surface area contributed by atoms with Gasteiger partial charge in [0, 0.05) is 13.2 Å². The van der Waals surface area contributed by atoms with Crippen molar-refractivity contribution in [1.82, 2.24) is 4.72 Å². The first-order valence-electron chi connectivity index (χ1n) is 4.54. The molecule has 0 rings (SSSR count). The molecule has 0 spiro atoms. The molecule has 0 atom stereocenters. The van der Waals surface area contributed by atoms with Gasteiger partial charge >= 0.3 is 0 Å². The predicted molar refractivity (Wildman–Crippen MR) is 53.1 cm³/mol. The molecule has 0 aliphatic carbocycles. The molecule has 0 amide bonds. The molecule has 0 saturated heterocycles. The van der Waals surface area contributed by atoms with Crippen LogP contribution in [-0.2, 0) is 14.8 Å². The Morgan fingerprint density at radius 3 is 2.71 bits per heavy atom. The van der Waals surface area contributed by atoms with Crippen molar-refractivity contribution in [1.29, 1.82) is 5.26 Å². The molecule has 0 aromatic heterocycles. The van der Waals surface area contributed by atoms with Crippen molar-refractivity contribution >= 4 is 10.0 Å². The third kappa shape index (κ3) is 7.98. The number of nitrogens with one attached hydrogen (secondary N) is 1. The SMILES string of the molecule is CCCCOCCNS(=O)(=O)CC#N. The molecular formula is C8H16N2O3S. The van der Waals surface area contributed by atoms with Gasteiger partial charge in [-0.05, 0) is 6.42 Å². The van der Waals surface area contributed by atoms with E-state index in [1.54, 1.807) is 6.07 Å². The van der Waals surface area contributed by atoms with Crippen molar-refractivity contribution < 1.29 is 13.2 Å². The van der Waals surface area contributed by atoms with Gasteiger partial charge in [0.1, 0.15) is 0 Å². The maximum absolute atomic E-state index is 10.9. The average Bonchev–Trinajstić information content (AvgIpc) is 2.11. The lowest BCUT2D eigenvalue weighted by Crippen LogP contribution is -2.29. The molecule has 1 N–H and O–H groups in total. The second kappa shape index (κ2) is 7.74. The number of sulfonamides is 1. The summed E-state index contributed by atoms with van der Waals surface area (Å²) < 4.78 is 29.3. The van der Waals surface area contributed by atoms with E-state index in [2.05, 4.69) is 11.6 Å². The summed E-state index contributed by atoms with van der Waals surface area (Å²) >= 11 is 0. The number of hydrogen-bond acceptors (Lipinski definition) is 4. The predicted octanol–water partition coefficient (Wildman–Crippen LogP) is 0.246. The average molecular weight is 220 g/mol. The molecule has 5 nitrogen and oxygen atoms in total. The van der Waals surface area contributed by atoms with Crippen LogP contribution in [0.25, 0.3) is 0 Å². The third-order valence-corrected chi connectivity index (χ3v) is 2.62. The normalized spacial score (nSPS) is 11.1. The Morgan fingerprint density at radius 1 is 1.43 bits per heavy atom. The Balaban J connectivity index is 3.41. The van der Waals surface area contributed by atoms with Gasteiger partial charge in [-0.15, -0.1) is 0 Å². The Morgan fingerprint density at radius 2 is 2.14 bits per heavy atom. The van der Waals surface area contributed by atoms with Gasteiger partial charge in [-0.3, -0.25) is 0 Å². The van der Waals surface area contributed by atoms with Crippen molar-refractivity contribution in [2.45, 2.75) is 19.8 Å². The van der Waals surface area contributed by atoms with Crippen molar-refractivity contribution in [2.75, 3.05) is 25.5 Å². The van der Waals surface area contributed by atoms with Gasteiger partial charge in [0.15, 0.2) is 5.75 Å². The van der Waals surface area contributed by atoms with E-state index >= 15 is 0 Å². The van der Waals surface area contributed by atoms with E-state index < -0.39 is 15.8 Å². The Kier molecular flexibility index (Phi) is 7.38. The van der Waals surface area contributed by atoms with Gasteiger partial charge in [0.25, 0.3) is 0 Å². The van der Waals surface area contributed by atoms with Gasteiger partial charge in [0.05, 0.1) is 12.7 Å². The maximum Gasteiger partial charge on any atom is 0.225 e. The van der Waals surface area contributed by atoms with E-state index in [4.69, 9.17) is 10.00 Å². The van der Waals surface area contributed by atoms with E-state index in [0.29, 0.717) is 13.2 Å². The molecule has 0 aliphatic rings. The zero-order valence-electron chi connectivity index (χ0n) is 8.32. The summed E-state index contributed by atoms with van der Waals surface area (Å²) in [4.78, 5) is 0. The minimum absolute atomic E-state index is 0.230. The summed E-state index contributed by atoms with van der Waals surface area (Å²) in [6, 6.07) is 1.58. The van der Waals surface area contributed by atoms with Crippen LogP contribution in [0.2, 0.25) is 0 Å². The molecule has 0 aliphatic heterocycles. The van der Waals surface area contributed by atoms with Crippen LogP contribution in [0.15, 0.2) is 0 Å². The molecule has 0 fully saturated rings. The number of unbranched alkanes of at least 4 members (excludes halogenated alkanes) is 1. The van der Waals surface area contributed by atoms with Crippen LogP contribution in [0.4, 0.5) is 0 Å². The lowest BCUT2D eigenvalue weighted by atomic mass is 10.4. The fourth-order valence-corrected chi connectivity index (χ4v) is 1.42. The van der Waals surface area contributed by atoms with Gasteiger partial charge in [0.2, 0.25) is 10.0 Å². The quantitative estimate of drug-likeness (QED) is 0.594. The lowest BCUT2D eigenvalue weighted by Gasteiger charge is -2.04. The van der Waals surface area contributed by atoms with Crippen molar-refractivity contribution in [3.63, 3.8) is 0 Å². The maximum atomic E-state index is 10.9. The van der Waals surface area contributed by atoms with Gasteiger partial charge in [-0.1, -0.05) is 13.3 Å². The summed E-state index contributed by atoms with van der Waals surface area (Å²) in [6.07, 6.45) is 2.03. The minimum Gasteiger partial charge on any atom is -0.380 e. The third-order valence-electron chi connectivity index (χ3n) is 1.47. The Bertz CT molecular complexity index is 269. The summed E-state index contributed by atoms with van der Waals surface area (Å²) in [7, 11) is -3.42. The molecule has 0 radical (unpaired) electrons. The fraction of sp³-hybridized carbons (Fsp3) is 0.875. The van der Waals surface area contributed by atoms with Gasteiger partial charge in [-0.25, -0.2) is 13.1 Å². The van der Waals surface area contributed by atoms with Crippen LogP contribution in [-0.4, -0.2) is 33.9 Å². The topological polar surface area (TPSA) is 79.2 Å². The number of ether oxygens (including phenoxy) is 1. The molecule has 14 heavy (non-hydrogen) atoms. The number of nitriles is 1. The summed E-state index contributed by atoms with van der Waals surface area (Å²) in [5.41, 5.74) is 0. The van der Waals surface area contributed by atoms with Gasteiger partial charge < -0.3 is 4.74 Å². The number of hydrogen-bond donors (Lipinski definition) is 1. The highest BCUT2D eigenvalue weighted by molar-refractivity contribution is 7.89. The number of nitrogens with zero attached hydrogens (tertiary/aromatic N) is 1. The highest BCUT2D eigenvalue weighted by atomic mass is 32.2. The first kappa shape index (κ1) is 13.4. The first-order valence-corrected chi connectivity index (χ1v) is 6.19. The van der Waals surface area contributed by atoms with Crippen molar-refractivity contribution in [3.8, 4) is 6.07 Å². The van der Waals surface area contributed by atoms with E-state index in [1.807, 2.05) is 0 Å². The largest absolute Gasteiger partial charge is 0.380 e. The molecule has 0 aromatic rings. The van der Waals surface area contributed by atoms with Crippen LogP contribution in [0, 0.1) is 11.3 Å². The van der Waals surface area contributed by atoms with Crippen LogP contribution in [0.3, 0.4) is 0 Å². The van der Waals surface area contributed by atoms with Crippen LogP contribution < -0.4 is 4.72 Å². The highest BCUT2D eigenvalue weighted by Gasteiger charge is 2.07. The second-order valence-corrected chi connectivity index (χ2v) is 4.58. The van der Waals surface area contributed by atoms with E-state index in [-0.39, 0.29) is 6.54 Å². The van der Waals surface area contributed by atoms with E-state index in [0.717, 1.165) is 12.8 Å². The second-order valence-electron chi connectivity index (χ2n) is 2.78. The lowest BCUT2D eigenvalue weighted by molar-refractivity contribution is 0.136. The van der Waals surface area contributed by atoms with Crippen molar-refractivity contribution in [2.24, 2.45) is 0 Å². The van der Waals surface area contributed by atoms with E-state index in [9.17, 15) is 8.42 Å². The molecule has 0 aromatic carbocycles. The van der Waals surface area contributed by atoms with Gasteiger partial charge in [-0.2, -0.15) is 5.26 Å². The van der Waals surface area contributed by atoms with Crippen LogP contribution >= 0.6 is 0 Å². The molecule has 0 bridgehead atoms.